The maximum Gasteiger partial charge on any atom is 0.321 e. The standard InChI is InChI=1S/C17H25N3O6S/c1-4-18-15(21)11-20(5-2)16(22)12-26-17(23)10-19-27(24,25)14-8-6-13(3)7-9-14/h6-9,19H,4-5,10-12H2,1-3H3,(H,18,21). The highest BCUT2D eigenvalue weighted by Gasteiger charge is 2.19. The van der Waals surface area contributed by atoms with Crippen molar-refractivity contribution in [3.8, 4) is 0 Å². The summed E-state index contributed by atoms with van der Waals surface area (Å²) in [7, 11) is -3.85. The molecule has 2 N–H and O–H groups in total. The summed E-state index contributed by atoms with van der Waals surface area (Å²) >= 11 is 0. The Bertz CT molecular complexity index is 761. The van der Waals surface area contributed by atoms with Crippen molar-refractivity contribution in [1.82, 2.24) is 14.9 Å². The van der Waals surface area contributed by atoms with Gasteiger partial charge in [-0.2, -0.15) is 4.72 Å². The highest BCUT2D eigenvalue weighted by molar-refractivity contribution is 7.89. The Morgan fingerprint density at radius 2 is 1.74 bits per heavy atom. The van der Waals surface area contributed by atoms with Crippen molar-refractivity contribution in [1.29, 1.82) is 0 Å². The minimum atomic E-state index is -3.85. The van der Waals surface area contributed by atoms with E-state index in [2.05, 4.69) is 10.0 Å². The zero-order valence-electron chi connectivity index (χ0n) is 15.6. The van der Waals surface area contributed by atoms with Crippen molar-refractivity contribution >= 4 is 27.8 Å². The fourth-order valence-electron chi connectivity index (χ4n) is 2.04. The van der Waals surface area contributed by atoms with E-state index < -0.39 is 35.1 Å². The summed E-state index contributed by atoms with van der Waals surface area (Å²) in [4.78, 5) is 36.5. The number of ether oxygens (including phenoxy) is 1. The Balaban J connectivity index is 2.48. The van der Waals surface area contributed by atoms with E-state index >= 15 is 0 Å². The molecule has 27 heavy (non-hydrogen) atoms. The van der Waals surface area contributed by atoms with Gasteiger partial charge in [-0.15, -0.1) is 0 Å². The molecule has 0 radical (unpaired) electrons. The zero-order valence-corrected chi connectivity index (χ0v) is 16.5. The molecular formula is C17H25N3O6S. The summed E-state index contributed by atoms with van der Waals surface area (Å²) in [6.45, 7) is 4.67. The summed E-state index contributed by atoms with van der Waals surface area (Å²) in [6.07, 6.45) is 0. The van der Waals surface area contributed by atoms with Crippen LogP contribution in [0, 0.1) is 6.92 Å². The second kappa shape index (κ2) is 10.6. The molecular weight excluding hydrogens is 374 g/mol. The molecule has 2 amide bonds. The average Bonchev–Trinajstić information content (AvgIpc) is 2.63. The topological polar surface area (TPSA) is 122 Å². The Hall–Kier alpha value is -2.46. The molecule has 0 aliphatic heterocycles. The quantitative estimate of drug-likeness (QED) is 0.526. The Labute approximate surface area is 159 Å². The van der Waals surface area contributed by atoms with Gasteiger partial charge >= 0.3 is 5.97 Å². The van der Waals surface area contributed by atoms with Crippen molar-refractivity contribution in [2.45, 2.75) is 25.7 Å². The predicted octanol–water partition coefficient (Wildman–Crippen LogP) is -0.199. The molecule has 0 spiro atoms. The van der Waals surface area contributed by atoms with Gasteiger partial charge in [0.1, 0.15) is 6.54 Å². The van der Waals surface area contributed by atoms with E-state index in [0.29, 0.717) is 6.54 Å². The molecule has 10 heteroatoms. The number of sulfonamides is 1. The first-order valence-corrected chi connectivity index (χ1v) is 9.94. The van der Waals surface area contributed by atoms with Crippen LogP contribution in [0.1, 0.15) is 19.4 Å². The molecule has 0 aliphatic rings. The summed E-state index contributed by atoms with van der Waals surface area (Å²) in [6, 6.07) is 6.12. The minimum absolute atomic E-state index is 0.0241. The van der Waals surface area contributed by atoms with Gasteiger partial charge in [0, 0.05) is 13.1 Å². The minimum Gasteiger partial charge on any atom is -0.455 e. The van der Waals surface area contributed by atoms with Crippen LogP contribution in [0.2, 0.25) is 0 Å². The summed E-state index contributed by atoms with van der Waals surface area (Å²) in [5.41, 5.74) is 0.903. The van der Waals surface area contributed by atoms with Gasteiger partial charge in [0.15, 0.2) is 6.61 Å². The number of carbonyl (C=O) groups is 3. The molecule has 0 saturated heterocycles. The maximum atomic E-state index is 12.1. The molecule has 0 aliphatic carbocycles. The van der Waals surface area contributed by atoms with E-state index in [-0.39, 0.29) is 23.9 Å². The van der Waals surface area contributed by atoms with E-state index in [1.807, 2.05) is 6.92 Å². The van der Waals surface area contributed by atoms with Crippen LogP contribution in [0.15, 0.2) is 29.2 Å². The first kappa shape index (κ1) is 22.6. The van der Waals surface area contributed by atoms with Gasteiger partial charge in [-0.05, 0) is 32.9 Å². The number of hydrogen-bond donors (Lipinski definition) is 2. The van der Waals surface area contributed by atoms with Gasteiger partial charge in [0.05, 0.1) is 11.4 Å². The zero-order chi connectivity index (χ0) is 20.4. The molecule has 0 fully saturated rings. The number of benzene rings is 1. The smallest absolute Gasteiger partial charge is 0.321 e. The Kier molecular flexibility index (Phi) is 8.89. The van der Waals surface area contributed by atoms with Crippen LogP contribution in [0.5, 0.6) is 0 Å². The maximum absolute atomic E-state index is 12.1. The van der Waals surface area contributed by atoms with Crippen molar-refractivity contribution in [2.75, 3.05) is 32.8 Å². The fraction of sp³-hybridized carbons (Fsp3) is 0.471. The number of rotatable bonds is 10. The first-order chi connectivity index (χ1) is 12.7. The number of aryl methyl sites for hydroxylation is 1. The van der Waals surface area contributed by atoms with Crippen molar-refractivity contribution in [3.63, 3.8) is 0 Å². The third-order valence-electron chi connectivity index (χ3n) is 3.54. The van der Waals surface area contributed by atoms with Crippen molar-refractivity contribution in [3.05, 3.63) is 29.8 Å². The fourth-order valence-corrected chi connectivity index (χ4v) is 3.01. The van der Waals surface area contributed by atoms with Crippen LogP contribution < -0.4 is 10.0 Å². The van der Waals surface area contributed by atoms with Gasteiger partial charge < -0.3 is 15.0 Å². The SMILES string of the molecule is CCNC(=O)CN(CC)C(=O)COC(=O)CNS(=O)(=O)c1ccc(C)cc1. The van der Waals surface area contributed by atoms with Crippen LogP contribution in [0.25, 0.3) is 0 Å². The summed E-state index contributed by atoms with van der Waals surface area (Å²) < 4.78 is 31.1. The van der Waals surface area contributed by atoms with Crippen molar-refractivity contribution < 1.29 is 27.5 Å². The molecule has 150 valence electrons. The summed E-state index contributed by atoms with van der Waals surface area (Å²) in [5, 5.41) is 2.57. The highest BCUT2D eigenvalue weighted by atomic mass is 32.2. The van der Waals surface area contributed by atoms with Crippen LogP contribution in [0.3, 0.4) is 0 Å². The second-order valence-electron chi connectivity index (χ2n) is 5.66. The Morgan fingerprint density at radius 3 is 2.30 bits per heavy atom. The lowest BCUT2D eigenvalue weighted by Gasteiger charge is -2.20. The lowest BCUT2D eigenvalue weighted by molar-refractivity contribution is -0.151. The second-order valence-corrected chi connectivity index (χ2v) is 7.43. The van der Waals surface area contributed by atoms with Crippen LogP contribution in [0.4, 0.5) is 0 Å². The predicted molar refractivity (Wildman–Crippen MR) is 98.3 cm³/mol. The molecule has 1 aromatic carbocycles. The normalized spacial score (nSPS) is 10.9. The molecule has 1 aromatic rings. The molecule has 0 saturated carbocycles. The van der Waals surface area contributed by atoms with Gasteiger partial charge in [-0.25, -0.2) is 8.42 Å². The van der Waals surface area contributed by atoms with Crippen LogP contribution in [-0.4, -0.2) is 63.9 Å². The molecule has 9 nitrogen and oxygen atoms in total. The number of nitrogens with zero attached hydrogens (tertiary/aromatic N) is 1. The van der Waals surface area contributed by atoms with Gasteiger partial charge in [-0.3, -0.25) is 14.4 Å². The van der Waals surface area contributed by atoms with E-state index in [1.165, 1.54) is 17.0 Å². The number of nitrogens with one attached hydrogen (secondary N) is 2. The van der Waals surface area contributed by atoms with Gasteiger partial charge in [0.25, 0.3) is 5.91 Å². The number of hydrogen-bond acceptors (Lipinski definition) is 6. The number of likely N-dealkylation sites (N-methyl/N-ethyl adjacent to an activating group) is 2. The highest BCUT2D eigenvalue weighted by Crippen LogP contribution is 2.09. The lowest BCUT2D eigenvalue weighted by Crippen LogP contribution is -2.42. The van der Waals surface area contributed by atoms with E-state index in [4.69, 9.17) is 4.74 Å². The molecule has 0 heterocycles. The van der Waals surface area contributed by atoms with E-state index in [1.54, 1.807) is 26.0 Å². The Morgan fingerprint density at radius 1 is 1.11 bits per heavy atom. The van der Waals surface area contributed by atoms with E-state index in [0.717, 1.165) is 5.56 Å². The summed E-state index contributed by atoms with van der Waals surface area (Å²) in [5.74, 6) is -1.75. The third kappa shape index (κ3) is 7.75. The molecule has 1 rings (SSSR count). The molecule has 0 unspecified atom stereocenters. The number of carbonyl (C=O) groups excluding carboxylic acids is 3. The average molecular weight is 399 g/mol. The third-order valence-corrected chi connectivity index (χ3v) is 4.95. The lowest BCUT2D eigenvalue weighted by atomic mass is 10.2. The van der Waals surface area contributed by atoms with Crippen LogP contribution in [-0.2, 0) is 29.1 Å². The van der Waals surface area contributed by atoms with Crippen molar-refractivity contribution in [2.24, 2.45) is 0 Å². The number of amides is 2. The monoisotopic (exact) mass is 399 g/mol. The van der Waals surface area contributed by atoms with Crippen LogP contribution >= 0.6 is 0 Å². The first-order valence-electron chi connectivity index (χ1n) is 8.46. The van der Waals surface area contributed by atoms with Gasteiger partial charge in [-0.1, -0.05) is 17.7 Å². The number of esters is 1. The molecule has 0 aromatic heterocycles. The van der Waals surface area contributed by atoms with Gasteiger partial charge in [0.2, 0.25) is 15.9 Å². The molecule has 0 bridgehead atoms. The molecule has 0 atom stereocenters. The largest absolute Gasteiger partial charge is 0.455 e. The van der Waals surface area contributed by atoms with E-state index in [9.17, 15) is 22.8 Å².